The highest BCUT2D eigenvalue weighted by Gasteiger charge is 2.41. The zero-order valence-corrected chi connectivity index (χ0v) is 19.4. The van der Waals surface area contributed by atoms with Crippen LogP contribution in [0.4, 0.5) is 32.0 Å². The van der Waals surface area contributed by atoms with Gasteiger partial charge in [0.15, 0.2) is 0 Å². The van der Waals surface area contributed by atoms with E-state index in [1.165, 1.54) is 0 Å². The number of hydrogen-bond acceptors (Lipinski definition) is 3. The summed E-state index contributed by atoms with van der Waals surface area (Å²) < 4.78 is 87.4. The SMILES string of the molecule is CCCN(CCC)c1c(C)nc(-c2c(OC)cc(C(F)(F)F)cc2C(F)(F)F)c2ccccc12. The van der Waals surface area contributed by atoms with E-state index in [1.54, 1.807) is 31.2 Å². The predicted molar refractivity (Wildman–Crippen MR) is 121 cm³/mol. The van der Waals surface area contributed by atoms with Gasteiger partial charge >= 0.3 is 12.4 Å². The van der Waals surface area contributed by atoms with Gasteiger partial charge in [0.25, 0.3) is 0 Å². The maximum absolute atomic E-state index is 14.1. The molecule has 0 bridgehead atoms. The van der Waals surface area contributed by atoms with Gasteiger partial charge in [0, 0.05) is 23.9 Å². The summed E-state index contributed by atoms with van der Waals surface area (Å²) in [5.41, 5.74) is -2.15. The molecule has 0 aliphatic carbocycles. The number of aromatic nitrogens is 1. The average Bonchev–Trinajstić information content (AvgIpc) is 2.76. The molecule has 2 aromatic carbocycles. The lowest BCUT2D eigenvalue weighted by Crippen LogP contribution is -2.26. The number of pyridine rings is 1. The number of halogens is 6. The number of aryl methyl sites for hydroxylation is 1. The molecule has 0 fully saturated rings. The molecule has 0 radical (unpaired) electrons. The lowest BCUT2D eigenvalue weighted by molar-refractivity contribution is -0.142. The van der Waals surface area contributed by atoms with Crippen molar-refractivity contribution in [3.8, 4) is 17.0 Å². The second kappa shape index (κ2) is 9.72. The van der Waals surface area contributed by atoms with E-state index in [1.807, 2.05) is 13.8 Å². The highest BCUT2D eigenvalue weighted by molar-refractivity contribution is 6.04. The standard InChI is InChI=1S/C25H26F6N2O/c1-5-11-33(12-6-2)23-15(3)32-22(17-9-7-8-10-18(17)23)21-19(25(29,30)31)13-16(24(26,27)28)14-20(21)34-4/h7-10,13-14H,5-6,11-12H2,1-4H3. The van der Waals surface area contributed by atoms with Gasteiger partial charge in [-0.3, -0.25) is 4.98 Å². The van der Waals surface area contributed by atoms with Gasteiger partial charge in [-0.25, -0.2) is 0 Å². The monoisotopic (exact) mass is 484 g/mol. The van der Waals surface area contributed by atoms with Crippen LogP contribution >= 0.6 is 0 Å². The first kappa shape index (κ1) is 25.6. The van der Waals surface area contributed by atoms with E-state index >= 15 is 0 Å². The minimum Gasteiger partial charge on any atom is -0.496 e. The number of nitrogens with zero attached hydrogens (tertiary/aromatic N) is 2. The quantitative estimate of drug-likeness (QED) is 0.319. The largest absolute Gasteiger partial charge is 0.496 e. The van der Waals surface area contributed by atoms with Gasteiger partial charge in [0.1, 0.15) is 5.75 Å². The first-order valence-corrected chi connectivity index (χ1v) is 10.9. The fraction of sp³-hybridized carbons (Fsp3) is 0.400. The van der Waals surface area contributed by atoms with E-state index in [0.717, 1.165) is 38.7 Å². The second-order valence-electron chi connectivity index (χ2n) is 8.02. The van der Waals surface area contributed by atoms with Gasteiger partial charge in [0.05, 0.1) is 40.9 Å². The summed E-state index contributed by atoms with van der Waals surface area (Å²) in [5, 5.41) is 1.09. The Morgan fingerprint density at radius 3 is 1.97 bits per heavy atom. The molecule has 0 saturated carbocycles. The molecule has 1 aromatic heterocycles. The van der Waals surface area contributed by atoms with E-state index in [0.29, 0.717) is 22.5 Å². The molecule has 1 heterocycles. The lowest BCUT2D eigenvalue weighted by Gasteiger charge is -2.28. The van der Waals surface area contributed by atoms with Crippen molar-refractivity contribution in [2.75, 3.05) is 25.1 Å². The maximum atomic E-state index is 14.1. The van der Waals surface area contributed by atoms with Gasteiger partial charge in [0.2, 0.25) is 0 Å². The third-order valence-corrected chi connectivity index (χ3v) is 5.55. The Morgan fingerprint density at radius 2 is 1.47 bits per heavy atom. The Hall–Kier alpha value is -2.97. The number of anilines is 1. The molecular weight excluding hydrogens is 458 g/mol. The van der Waals surface area contributed by atoms with E-state index in [9.17, 15) is 26.3 Å². The van der Waals surface area contributed by atoms with Crippen molar-refractivity contribution in [2.24, 2.45) is 0 Å². The van der Waals surface area contributed by atoms with Crippen LogP contribution < -0.4 is 9.64 Å². The topological polar surface area (TPSA) is 25.4 Å². The highest BCUT2D eigenvalue weighted by Crippen LogP contribution is 2.48. The highest BCUT2D eigenvalue weighted by atomic mass is 19.4. The molecular formula is C25H26F6N2O. The molecule has 0 unspecified atom stereocenters. The van der Waals surface area contributed by atoms with Gasteiger partial charge < -0.3 is 9.64 Å². The molecule has 3 aromatic rings. The maximum Gasteiger partial charge on any atom is 0.417 e. The van der Waals surface area contributed by atoms with E-state index in [2.05, 4.69) is 9.88 Å². The van der Waals surface area contributed by atoms with Gasteiger partial charge in [-0.1, -0.05) is 38.1 Å². The number of alkyl halides is 6. The van der Waals surface area contributed by atoms with Crippen LogP contribution in [0.3, 0.4) is 0 Å². The molecule has 0 aliphatic heterocycles. The van der Waals surface area contributed by atoms with E-state index in [4.69, 9.17) is 4.74 Å². The fourth-order valence-electron chi connectivity index (χ4n) is 4.24. The van der Waals surface area contributed by atoms with E-state index < -0.39 is 34.8 Å². The molecule has 0 amide bonds. The van der Waals surface area contributed by atoms with Crippen molar-refractivity contribution in [1.29, 1.82) is 0 Å². The van der Waals surface area contributed by atoms with Crippen LogP contribution in [0, 0.1) is 6.92 Å². The Balaban J connectivity index is 2.44. The number of hydrogen-bond donors (Lipinski definition) is 0. The summed E-state index contributed by atoms with van der Waals surface area (Å²) >= 11 is 0. The van der Waals surface area contributed by atoms with Crippen molar-refractivity contribution in [3.05, 3.63) is 53.2 Å². The third-order valence-electron chi connectivity index (χ3n) is 5.55. The van der Waals surface area contributed by atoms with Gasteiger partial charge in [-0.2, -0.15) is 26.3 Å². The number of benzene rings is 2. The van der Waals surface area contributed by atoms with Crippen molar-refractivity contribution in [1.82, 2.24) is 4.98 Å². The molecule has 3 nitrogen and oxygen atoms in total. The Morgan fingerprint density at radius 1 is 0.882 bits per heavy atom. The fourth-order valence-corrected chi connectivity index (χ4v) is 4.24. The molecule has 184 valence electrons. The van der Waals surface area contributed by atoms with Crippen LogP contribution in [-0.4, -0.2) is 25.2 Å². The predicted octanol–water partition coefficient (Wildman–Crippen LogP) is 7.88. The van der Waals surface area contributed by atoms with Crippen LogP contribution in [0.1, 0.15) is 43.5 Å². The summed E-state index contributed by atoms with van der Waals surface area (Å²) in [4.78, 5) is 6.67. The van der Waals surface area contributed by atoms with Crippen LogP contribution in [0.2, 0.25) is 0 Å². The molecule has 9 heteroatoms. The van der Waals surface area contributed by atoms with Crippen LogP contribution in [0.25, 0.3) is 22.0 Å². The smallest absolute Gasteiger partial charge is 0.417 e. The first-order valence-electron chi connectivity index (χ1n) is 10.9. The summed E-state index contributed by atoms with van der Waals surface area (Å²) in [6.45, 7) is 7.23. The Bertz CT molecular complexity index is 1160. The van der Waals surface area contributed by atoms with Crippen LogP contribution in [-0.2, 0) is 12.4 Å². The van der Waals surface area contributed by atoms with Crippen LogP contribution in [0.5, 0.6) is 5.75 Å². The van der Waals surface area contributed by atoms with Gasteiger partial charge in [-0.05, 0) is 31.9 Å². The second-order valence-corrected chi connectivity index (χ2v) is 8.02. The number of methoxy groups -OCH3 is 1. The summed E-state index contributed by atoms with van der Waals surface area (Å²) in [6.07, 6.45) is -8.31. The molecule has 0 aliphatic rings. The summed E-state index contributed by atoms with van der Waals surface area (Å²) in [7, 11) is 1.05. The molecule has 3 rings (SSSR count). The van der Waals surface area contributed by atoms with Crippen molar-refractivity contribution < 1.29 is 31.1 Å². The Kier molecular flexibility index (Phi) is 7.33. The molecule has 0 spiro atoms. The number of rotatable bonds is 7. The third kappa shape index (κ3) is 4.93. The average molecular weight is 484 g/mol. The molecule has 0 N–H and O–H groups in total. The zero-order valence-electron chi connectivity index (χ0n) is 19.4. The van der Waals surface area contributed by atoms with Crippen LogP contribution in [0.15, 0.2) is 36.4 Å². The summed E-state index contributed by atoms with van der Waals surface area (Å²) in [5.74, 6) is -0.536. The van der Waals surface area contributed by atoms with Crippen molar-refractivity contribution in [2.45, 2.75) is 46.0 Å². The molecule has 0 atom stereocenters. The Labute approximate surface area is 194 Å². The van der Waals surface area contributed by atoms with Crippen molar-refractivity contribution >= 4 is 16.5 Å². The number of ether oxygens (including phenoxy) is 1. The first-order chi connectivity index (χ1) is 15.9. The summed E-state index contributed by atoms with van der Waals surface area (Å²) in [6, 6.07) is 7.59. The minimum atomic E-state index is -5.06. The zero-order chi connectivity index (χ0) is 25.3. The van der Waals surface area contributed by atoms with Crippen molar-refractivity contribution in [3.63, 3.8) is 0 Å². The molecule has 0 saturated heterocycles. The normalized spacial score (nSPS) is 12.3. The minimum absolute atomic E-state index is 0.0669. The number of fused-ring (bicyclic) bond motifs is 1. The molecule has 34 heavy (non-hydrogen) atoms. The lowest BCUT2D eigenvalue weighted by atomic mass is 9.94. The van der Waals surface area contributed by atoms with E-state index in [-0.39, 0.29) is 11.8 Å². The van der Waals surface area contributed by atoms with Gasteiger partial charge in [-0.15, -0.1) is 0 Å².